The smallest absolute Gasteiger partial charge is 0.338 e. The SMILES string of the molecule is COc1cc(C(=O)OC[C@H]2O[C@@H](OC/C=C(\C)CO)[C@H](O)[C@@H](O)[C@@H]2O)ccc1O. The Bertz CT molecular complexity index is 719. The molecule has 0 unspecified atom stereocenters. The fourth-order valence-electron chi connectivity index (χ4n) is 2.59. The molecule has 1 aliphatic heterocycles. The Morgan fingerprint density at radius 1 is 1.21 bits per heavy atom. The van der Waals surface area contributed by atoms with Crippen molar-refractivity contribution in [3.63, 3.8) is 0 Å². The molecule has 2 rings (SSSR count). The Morgan fingerprint density at radius 3 is 2.59 bits per heavy atom. The number of hydrogen-bond acceptors (Lipinski definition) is 10. The Labute approximate surface area is 167 Å². The van der Waals surface area contributed by atoms with Gasteiger partial charge in [-0.2, -0.15) is 0 Å². The minimum absolute atomic E-state index is 0.00323. The molecule has 1 aromatic carbocycles. The molecule has 5 N–H and O–H groups in total. The van der Waals surface area contributed by atoms with Crippen molar-refractivity contribution in [2.45, 2.75) is 37.6 Å². The van der Waals surface area contributed by atoms with Gasteiger partial charge in [0.2, 0.25) is 0 Å². The second-order valence-electron chi connectivity index (χ2n) is 6.54. The molecule has 0 spiro atoms. The first kappa shape index (κ1) is 23.1. The van der Waals surface area contributed by atoms with E-state index in [1.165, 1.54) is 25.3 Å². The van der Waals surface area contributed by atoms with Gasteiger partial charge in [-0.25, -0.2) is 4.79 Å². The van der Waals surface area contributed by atoms with E-state index >= 15 is 0 Å². The number of esters is 1. The summed E-state index contributed by atoms with van der Waals surface area (Å²) in [6.07, 6.45) is -5.45. The zero-order valence-corrected chi connectivity index (χ0v) is 16.1. The van der Waals surface area contributed by atoms with Crippen LogP contribution in [0.3, 0.4) is 0 Å². The number of aliphatic hydroxyl groups is 4. The average molecular weight is 414 g/mol. The van der Waals surface area contributed by atoms with Gasteiger partial charge < -0.3 is 44.5 Å². The van der Waals surface area contributed by atoms with E-state index in [0.717, 1.165) is 0 Å². The molecule has 162 valence electrons. The third-order valence-corrected chi connectivity index (χ3v) is 4.40. The molecule has 1 heterocycles. The number of rotatable bonds is 8. The van der Waals surface area contributed by atoms with E-state index in [1.54, 1.807) is 13.0 Å². The second kappa shape index (κ2) is 10.5. The van der Waals surface area contributed by atoms with Crippen LogP contribution in [0.25, 0.3) is 0 Å². The predicted molar refractivity (Wildman–Crippen MR) is 98.4 cm³/mol. The molecule has 1 saturated heterocycles. The van der Waals surface area contributed by atoms with E-state index in [0.29, 0.717) is 5.57 Å². The number of benzene rings is 1. The quantitative estimate of drug-likeness (QED) is 0.273. The number of carbonyl (C=O) groups excluding carboxylic acids is 1. The van der Waals surface area contributed by atoms with Gasteiger partial charge in [0, 0.05) is 0 Å². The van der Waals surface area contributed by atoms with Gasteiger partial charge in [0.15, 0.2) is 17.8 Å². The third-order valence-electron chi connectivity index (χ3n) is 4.40. The molecule has 10 heteroatoms. The molecule has 0 aliphatic carbocycles. The minimum atomic E-state index is -1.57. The third kappa shape index (κ3) is 5.89. The summed E-state index contributed by atoms with van der Waals surface area (Å²) in [5.41, 5.74) is 0.744. The van der Waals surface area contributed by atoms with Gasteiger partial charge in [0.25, 0.3) is 0 Å². The van der Waals surface area contributed by atoms with Gasteiger partial charge in [0.05, 0.1) is 25.9 Å². The van der Waals surface area contributed by atoms with Crippen LogP contribution in [0, 0.1) is 0 Å². The van der Waals surface area contributed by atoms with Crippen molar-refractivity contribution in [1.82, 2.24) is 0 Å². The van der Waals surface area contributed by atoms with Crippen molar-refractivity contribution < 1.29 is 49.3 Å². The standard InChI is InChI=1S/C19H26O10/c1-10(8-20)5-6-27-19-17(24)16(23)15(22)14(29-19)9-28-18(25)11-3-4-12(21)13(7-11)26-2/h3-5,7,14-17,19-24H,6,8-9H2,1-2H3/b10-5+/t14-,15-,16+,17-,19-/m1/s1. The topological polar surface area (TPSA) is 155 Å². The highest BCUT2D eigenvalue weighted by Gasteiger charge is 2.44. The van der Waals surface area contributed by atoms with Crippen molar-refractivity contribution in [2.75, 3.05) is 26.9 Å². The Hall–Kier alpha value is -2.21. The van der Waals surface area contributed by atoms with E-state index < -0.39 is 43.3 Å². The summed E-state index contributed by atoms with van der Waals surface area (Å²) >= 11 is 0. The Balaban J connectivity index is 1.98. The van der Waals surface area contributed by atoms with Crippen molar-refractivity contribution in [1.29, 1.82) is 0 Å². The minimum Gasteiger partial charge on any atom is -0.504 e. The second-order valence-corrected chi connectivity index (χ2v) is 6.54. The van der Waals surface area contributed by atoms with Crippen LogP contribution in [-0.2, 0) is 14.2 Å². The predicted octanol–water partition coefficient (Wildman–Crippen LogP) is -0.680. The van der Waals surface area contributed by atoms with Crippen molar-refractivity contribution in [3.05, 3.63) is 35.4 Å². The van der Waals surface area contributed by atoms with E-state index in [9.17, 15) is 25.2 Å². The van der Waals surface area contributed by atoms with Crippen molar-refractivity contribution in [3.8, 4) is 11.5 Å². The fourth-order valence-corrected chi connectivity index (χ4v) is 2.59. The molecule has 1 aliphatic rings. The number of ether oxygens (including phenoxy) is 4. The molecular formula is C19H26O10. The molecule has 10 nitrogen and oxygen atoms in total. The van der Waals surface area contributed by atoms with Gasteiger partial charge in [-0.05, 0) is 30.7 Å². The number of phenolic OH excluding ortho intramolecular Hbond substituents is 1. The zero-order chi connectivity index (χ0) is 21.6. The van der Waals surface area contributed by atoms with Crippen LogP contribution in [-0.4, -0.2) is 89.1 Å². The van der Waals surface area contributed by atoms with Crippen LogP contribution in [0.4, 0.5) is 0 Å². The van der Waals surface area contributed by atoms with Crippen LogP contribution in [0.5, 0.6) is 11.5 Å². The first-order chi connectivity index (χ1) is 13.8. The van der Waals surface area contributed by atoms with Crippen LogP contribution < -0.4 is 4.74 Å². The molecule has 0 saturated carbocycles. The van der Waals surface area contributed by atoms with Crippen LogP contribution in [0.15, 0.2) is 29.8 Å². The molecule has 0 amide bonds. The molecule has 5 atom stereocenters. The normalized spacial score (nSPS) is 27.5. The summed E-state index contributed by atoms with van der Waals surface area (Å²) in [6, 6.07) is 3.89. The van der Waals surface area contributed by atoms with Gasteiger partial charge in [-0.3, -0.25) is 0 Å². The maximum absolute atomic E-state index is 12.2. The summed E-state index contributed by atoms with van der Waals surface area (Å²) in [5.74, 6) is -0.817. The summed E-state index contributed by atoms with van der Waals surface area (Å²) < 4.78 is 20.8. The monoisotopic (exact) mass is 414 g/mol. The summed E-state index contributed by atoms with van der Waals surface area (Å²) in [4.78, 5) is 12.2. The first-order valence-corrected chi connectivity index (χ1v) is 8.90. The zero-order valence-electron chi connectivity index (χ0n) is 16.1. The number of methoxy groups -OCH3 is 1. The Kier molecular flexibility index (Phi) is 8.38. The highest BCUT2D eigenvalue weighted by molar-refractivity contribution is 5.90. The number of carbonyl (C=O) groups is 1. The maximum atomic E-state index is 12.2. The van der Waals surface area contributed by atoms with E-state index in [-0.39, 0.29) is 30.3 Å². The molecule has 29 heavy (non-hydrogen) atoms. The van der Waals surface area contributed by atoms with Gasteiger partial charge >= 0.3 is 5.97 Å². The maximum Gasteiger partial charge on any atom is 0.338 e. The van der Waals surface area contributed by atoms with Crippen molar-refractivity contribution >= 4 is 5.97 Å². The lowest BCUT2D eigenvalue weighted by Crippen LogP contribution is -2.59. The number of aliphatic hydroxyl groups excluding tert-OH is 4. The molecule has 0 radical (unpaired) electrons. The molecule has 1 aromatic rings. The summed E-state index contributed by atoms with van der Waals surface area (Å²) in [5, 5.41) is 48.7. The van der Waals surface area contributed by atoms with Crippen LogP contribution in [0.2, 0.25) is 0 Å². The lowest BCUT2D eigenvalue weighted by atomic mass is 9.99. The molecule has 0 bridgehead atoms. The van der Waals surface area contributed by atoms with Crippen LogP contribution in [0.1, 0.15) is 17.3 Å². The first-order valence-electron chi connectivity index (χ1n) is 8.90. The van der Waals surface area contributed by atoms with Crippen molar-refractivity contribution in [2.24, 2.45) is 0 Å². The van der Waals surface area contributed by atoms with Crippen LogP contribution >= 0.6 is 0 Å². The lowest BCUT2D eigenvalue weighted by Gasteiger charge is -2.39. The van der Waals surface area contributed by atoms with E-state index in [1.807, 2.05) is 0 Å². The average Bonchev–Trinajstić information content (AvgIpc) is 2.72. The van der Waals surface area contributed by atoms with E-state index in [2.05, 4.69) is 0 Å². The number of phenols is 1. The lowest BCUT2D eigenvalue weighted by molar-refractivity contribution is -0.298. The Morgan fingerprint density at radius 2 is 1.93 bits per heavy atom. The fraction of sp³-hybridized carbons (Fsp3) is 0.526. The van der Waals surface area contributed by atoms with Gasteiger partial charge in [-0.15, -0.1) is 0 Å². The van der Waals surface area contributed by atoms with Gasteiger partial charge in [-0.1, -0.05) is 6.08 Å². The molecule has 0 aromatic heterocycles. The summed E-state index contributed by atoms with van der Waals surface area (Å²) in [7, 11) is 1.33. The number of hydrogen-bond donors (Lipinski definition) is 5. The molecule has 1 fully saturated rings. The van der Waals surface area contributed by atoms with Gasteiger partial charge in [0.1, 0.15) is 31.0 Å². The number of aromatic hydroxyl groups is 1. The van der Waals surface area contributed by atoms with E-state index in [4.69, 9.17) is 24.1 Å². The molecular weight excluding hydrogens is 388 g/mol. The highest BCUT2D eigenvalue weighted by atomic mass is 16.7. The largest absolute Gasteiger partial charge is 0.504 e. The highest BCUT2D eigenvalue weighted by Crippen LogP contribution is 2.27. The summed E-state index contributed by atoms with van der Waals surface area (Å²) in [6.45, 7) is 1.11.